The largest absolute Gasteiger partial charge is 0.371 e. The van der Waals surface area contributed by atoms with Crippen LogP contribution in [0.25, 0.3) is 0 Å². The van der Waals surface area contributed by atoms with Gasteiger partial charge in [0.05, 0.1) is 19.3 Å². The molecule has 0 bridgehead atoms. The minimum atomic E-state index is -0.446. The molecule has 0 aliphatic carbocycles. The maximum Gasteiger partial charge on any atom is 0.163 e. The minimum Gasteiger partial charge on any atom is -0.371 e. The van der Waals surface area contributed by atoms with Crippen LogP contribution in [0, 0.1) is 0 Å². The van der Waals surface area contributed by atoms with Gasteiger partial charge in [-0.2, -0.15) is 0 Å². The second-order valence-electron chi connectivity index (χ2n) is 4.17. The Kier molecular flexibility index (Phi) is 2.18. The lowest BCUT2D eigenvalue weighted by Crippen LogP contribution is -2.30. The van der Waals surface area contributed by atoms with Crippen molar-refractivity contribution in [2.45, 2.75) is 38.3 Å². The van der Waals surface area contributed by atoms with Gasteiger partial charge in [-0.1, -0.05) is 6.58 Å². The molecular formula is C10H16O3. The van der Waals surface area contributed by atoms with Crippen molar-refractivity contribution < 1.29 is 14.2 Å². The number of rotatable bonds is 1. The van der Waals surface area contributed by atoms with Crippen LogP contribution in [0.5, 0.6) is 0 Å². The Bertz CT molecular complexity index is 222. The predicted octanol–water partition coefficient (Wildman–Crippen LogP) is 1.48. The number of ether oxygens (including phenoxy) is 3. The Balaban J connectivity index is 1.93. The summed E-state index contributed by atoms with van der Waals surface area (Å²) in [6, 6.07) is 0. The third-order valence-corrected chi connectivity index (χ3v) is 2.44. The molecule has 3 heteroatoms. The highest BCUT2D eigenvalue weighted by atomic mass is 16.7. The zero-order chi connectivity index (χ0) is 9.47. The SMILES string of the molecule is C=C1CO[C@@H]([C@H]2COC(C)(C)O2)C1. The molecule has 2 atom stereocenters. The molecule has 0 aromatic rings. The van der Waals surface area contributed by atoms with Gasteiger partial charge in [0.15, 0.2) is 5.79 Å². The van der Waals surface area contributed by atoms with Gasteiger partial charge in [0.2, 0.25) is 0 Å². The summed E-state index contributed by atoms with van der Waals surface area (Å²) in [7, 11) is 0. The summed E-state index contributed by atoms with van der Waals surface area (Å²) in [6.07, 6.45) is 1.13. The van der Waals surface area contributed by atoms with Crippen molar-refractivity contribution in [1.82, 2.24) is 0 Å². The highest BCUT2D eigenvalue weighted by molar-refractivity contribution is 5.04. The van der Waals surface area contributed by atoms with Gasteiger partial charge in [-0.05, 0) is 25.8 Å². The normalized spacial score (nSPS) is 38.5. The van der Waals surface area contributed by atoms with Gasteiger partial charge in [0.1, 0.15) is 6.10 Å². The highest BCUT2D eigenvalue weighted by Crippen LogP contribution is 2.30. The fourth-order valence-electron chi connectivity index (χ4n) is 1.76. The van der Waals surface area contributed by atoms with Crippen molar-refractivity contribution in [2.24, 2.45) is 0 Å². The Morgan fingerprint density at radius 3 is 2.62 bits per heavy atom. The number of hydrogen-bond donors (Lipinski definition) is 0. The van der Waals surface area contributed by atoms with Crippen molar-refractivity contribution in [3.05, 3.63) is 12.2 Å². The first-order chi connectivity index (χ1) is 6.07. The van der Waals surface area contributed by atoms with Crippen LogP contribution in [0.3, 0.4) is 0 Å². The van der Waals surface area contributed by atoms with Crippen LogP contribution in [0.2, 0.25) is 0 Å². The standard InChI is InChI=1S/C10H16O3/c1-7-4-8(11-5-7)9-6-12-10(2,3)13-9/h8-9H,1,4-6H2,2-3H3/t8-,9-/m1/s1. The Morgan fingerprint density at radius 2 is 2.15 bits per heavy atom. The molecule has 0 unspecified atom stereocenters. The summed E-state index contributed by atoms with van der Waals surface area (Å²) in [4.78, 5) is 0. The average molecular weight is 184 g/mol. The van der Waals surface area contributed by atoms with Crippen molar-refractivity contribution in [1.29, 1.82) is 0 Å². The first-order valence-corrected chi connectivity index (χ1v) is 4.67. The third kappa shape index (κ3) is 1.93. The second-order valence-corrected chi connectivity index (χ2v) is 4.17. The van der Waals surface area contributed by atoms with E-state index in [0.717, 1.165) is 12.0 Å². The molecule has 13 heavy (non-hydrogen) atoms. The van der Waals surface area contributed by atoms with Gasteiger partial charge >= 0.3 is 0 Å². The summed E-state index contributed by atoms with van der Waals surface area (Å²) >= 11 is 0. The Labute approximate surface area is 78.7 Å². The molecule has 0 radical (unpaired) electrons. The van der Waals surface area contributed by atoms with E-state index >= 15 is 0 Å². The molecule has 2 rings (SSSR count). The zero-order valence-electron chi connectivity index (χ0n) is 8.21. The molecule has 2 fully saturated rings. The van der Waals surface area contributed by atoms with Crippen LogP contribution in [-0.4, -0.2) is 31.2 Å². The van der Waals surface area contributed by atoms with E-state index in [9.17, 15) is 0 Å². The van der Waals surface area contributed by atoms with Crippen LogP contribution >= 0.6 is 0 Å². The Morgan fingerprint density at radius 1 is 1.38 bits per heavy atom. The van der Waals surface area contributed by atoms with Crippen molar-refractivity contribution >= 4 is 0 Å². The molecular weight excluding hydrogens is 168 g/mol. The quantitative estimate of drug-likeness (QED) is 0.578. The van der Waals surface area contributed by atoms with E-state index in [1.807, 2.05) is 13.8 Å². The van der Waals surface area contributed by atoms with E-state index < -0.39 is 5.79 Å². The van der Waals surface area contributed by atoms with E-state index in [1.165, 1.54) is 0 Å². The van der Waals surface area contributed by atoms with Crippen LogP contribution in [0.1, 0.15) is 20.3 Å². The lowest BCUT2D eigenvalue weighted by Gasteiger charge is -2.19. The predicted molar refractivity (Wildman–Crippen MR) is 48.4 cm³/mol. The molecule has 0 aromatic carbocycles. The molecule has 3 nitrogen and oxygen atoms in total. The molecule has 0 saturated carbocycles. The molecule has 0 N–H and O–H groups in total. The molecule has 2 heterocycles. The zero-order valence-corrected chi connectivity index (χ0v) is 8.21. The summed E-state index contributed by atoms with van der Waals surface area (Å²) in [5.41, 5.74) is 1.15. The van der Waals surface area contributed by atoms with Crippen molar-refractivity contribution in [3.8, 4) is 0 Å². The molecule has 0 aromatic heterocycles. The second kappa shape index (κ2) is 3.08. The average Bonchev–Trinajstić information content (AvgIpc) is 2.56. The fraction of sp³-hybridized carbons (Fsp3) is 0.800. The first kappa shape index (κ1) is 9.19. The molecule has 74 valence electrons. The fourth-order valence-corrected chi connectivity index (χ4v) is 1.76. The van der Waals surface area contributed by atoms with Gasteiger partial charge in [0.25, 0.3) is 0 Å². The van der Waals surface area contributed by atoms with E-state index in [2.05, 4.69) is 6.58 Å². The summed E-state index contributed by atoms with van der Waals surface area (Å²) in [5, 5.41) is 0. The maximum atomic E-state index is 5.69. The van der Waals surface area contributed by atoms with Crippen molar-refractivity contribution in [3.63, 3.8) is 0 Å². The van der Waals surface area contributed by atoms with Crippen LogP contribution in [-0.2, 0) is 14.2 Å². The summed E-state index contributed by atoms with van der Waals surface area (Å²) in [5.74, 6) is -0.446. The van der Waals surface area contributed by atoms with E-state index in [1.54, 1.807) is 0 Å². The van der Waals surface area contributed by atoms with Gasteiger partial charge in [-0.3, -0.25) is 0 Å². The van der Waals surface area contributed by atoms with Crippen LogP contribution < -0.4 is 0 Å². The minimum absolute atomic E-state index is 0.0780. The molecule has 0 spiro atoms. The van der Waals surface area contributed by atoms with Gasteiger partial charge < -0.3 is 14.2 Å². The lowest BCUT2D eigenvalue weighted by atomic mass is 10.1. The summed E-state index contributed by atoms with van der Waals surface area (Å²) < 4.78 is 16.7. The summed E-state index contributed by atoms with van der Waals surface area (Å²) in [6.45, 7) is 9.05. The number of hydrogen-bond acceptors (Lipinski definition) is 3. The Hall–Kier alpha value is -0.380. The highest BCUT2D eigenvalue weighted by Gasteiger charge is 2.39. The molecule has 2 aliphatic rings. The van der Waals surface area contributed by atoms with Gasteiger partial charge in [-0.25, -0.2) is 0 Å². The molecule has 0 amide bonds. The first-order valence-electron chi connectivity index (χ1n) is 4.67. The van der Waals surface area contributed by atoms with Crippen LogP contribution in [0.15, 0.2) is 12.2 Å². The third-order valence-electron chi connectivity index (χ3n) is 2.44. The van der Waals surface area contributed by atoms with E-state index in [0.29, 0.717) is 13.2 Å². The van der Waals surface area contributed by atoms with E-state index in [-0.39, 0.29) is 12.2 Å². The van der Waals surface area contributed by atoms with Gasteiger partial charge in [-0.15, -0.1) is 0 Å². The smallest absolute Gasteiger partial charge is 0.163 e. The lowest BCUT2D eigenvalue weighted by molar-refractivity contribution is -0.151. The van der Waals surface area contributed by atoms with Crippen molar-refractivity contribution in [2.75, 3.05) is 13.2 Å². The molecule has 2 saturated heterocycles. The molecule has 2 aliphatic heterocycles. The van der Waals surface area contributed by atoms with E-state index in [4.69, 9.17) is 14.2 Å². The van der Waals surface area contributed by atoms with Gasteiger partial charge in [0, 0.05) is 0 Å². The topological polar surface area (TPSA) is 27.7 Å². The maximum absolute atomic E-state index is 5.69. The van der Waals surface area contributed by atoms with Crippen LogP contribution in [0.4, 0.5) is 0 Å². The monoisotopic (exact) mass is 184 g/mol.